The zero-order valence-electron chi connectivity index (χ0n) is 6.68. The standard InChI is InChI=1S/C9H6N2O2/c10-7-9(11(12)13)6-8-4-2-1-3-5-8/h1-6H/b9-6-. The van der Waals surface area contributed by atoms with Crippen LogP contribution in [0.1, 0.15) is 5.56 Å². The molecule has 0 aliphatic heterocycles. The molecule has 0 amide bonds. The number of benzene rings is 1. The summed E-state index contributed by atoms with van der Waals surface area (Å²) in [4.78, 5) is 9.55. The maximum Gasteiger partial charge on any atom is 0.346 e. The Balaban J connectivity index is 3.01. The Morgan fingerprint density at radius 2 is 2.08 bits per heavy atom. The maximum absolute atomic E-state index is 10.2. The second-order valence-corrected chi connectivity index (χ2v) is 2.31. The van der Waals surface area contributed by atoms with Gasteiger partial charge in [-0.3, -0.25) is 10.1 Å². The summed E-state index contributed by atoms with van der Waals surface area (Å²) in [5, 5.41) is 18.6. The third kappa shape index (κ3) is 2.42. The van der Waals surface area contributed by atoms with Crippen LogP contribution in [-0.2, 0) is 0 Å². The van der Waals surface area contributed by atoms with Gasteiger partial charge in [-0.25, -0.2) is 0 Å². The lowest BCUT2D eigenvalue weighted by atomic mass is 10.2. The van der Waals surface area contributed by atoms with E-state index in [2.05, 4.69) is 0 Å². The van der Waals surface area contributed by atoms with Crippen LogP contribution < -0.4 is 0 Å². The number of nitriles is 1. The molecule has 0 spiro atoms. The molecule has 64 valence electrons. The number of rotatable bonds is 2. The van der Waals surface area contributed by atoms with E-state index in [-0.39, 0.29) is 0 Å². The monoisotopic (exact) mass is 174 g/mol. The summed E-state index contributed by atoms with van der Waals surface area (Å²) >= 11 is 0. The summed E-state index contributed by atoms with van der Waals surface area (Å²) in [6.45, 7) is 0. The lowest BCUT2D eigenvalue weighted by Gasteiger charge is -1.89. The third-order valence-corrected chi connectivity index (χ3v) is 1.41. The van der Waals surface area contributed by atoms with Crippen LogP contribution in [0.2, 0.25) is 0 Å². The summed E-state index contributed by atoms with van der Waals surface area (Å²) in [5.41, 5.74) is 0.196. The molecule has 0 saturated heterocycles. The Morgan fingerprint density at radius 1 is 1.46 bits per heavy atom. The first-order valence-corrected chi connectivity index (χ1v) is 3.55. The van der Waals surface area contributed by atoms with Crippen molar-refractivity contribution in [2.45, 2.75) is 0 Å². The summed E-state index contributed by atoms with van der Waals surface area (Å²) in [6.07, 6.45) is 1.24. The zero-order valence-corrected chi connectivity index (χ0v) is 6.68. The van der Waals surface area contributed by atoms with Gasteiger partial charge in [0.1, 0.15) is 0 Å². The van der Waals surface area contributed by atoms with Crippen LogP contribution in [0.3, 0.4) is 0 Å². The van der Waals surface area contributed by atoms with Crippen molar-refractivity contribution < 1.29 is 4.92 Å². The van der Waals surface area contributed by atoms with Gasteiger partial charge >= 0.3 is 5.70 Å². The Kier molecular flexibility index (Phi) is 2.77. The van der Waals surface area contributed by atoms with Crippen molar-refractivity contribution >= 4 is 6.08 Å². The molecule has 1 aromatic carbocycles. The molecule has 1 aromatic rings. The Labute approximate surface area is 74.9 Å². The Hall–Kier alpha value is -2.15. The molecule has 0 saturated carbocycles. The first-order valence-electron chi connectivity index (χ1n) is 3.55. The Morgan fingerprint density at radius 3 is 2.54 bits per heavy atom. The van der Waals surface area contributed by atoms with Gasteiger partial charge in [-0.05, 0) is 5.56 Å². The summed E-state index contributed by atoms with van der Waals surface area (Å²) in [7, 11) is 0. The van der Waals surface area contributed by atoms with E-state index in [1.165, 1.54) is 12.1 Å². The molecule has 1 rings (SSSR count). The average Bonchev–Trinajstić information content (AvgIpc) is 2.15. The second kappa shape index (κ2) is 4.02. The topological polar surface area (TPSA) is 66.9 Å². The molecule has 13 heavy (non-hydrogen) atoms. The van der Waals surface area contributed by atoms with Crippen LogP contribution in [0, 0.1) is 21.4 Å². The van der Waals surface area contributed by atoms with Gasteiger partial charge in [0.15, 0.2) is 6.07 Å². The smallest absolute Gasteiger partial charge is 0.258 e. The largest absolute Gasteiger partial charge is 0.346 e. The van der Waals surface area contributed by atoms with Crippen LogP contribution in [0.15, 0.2) is 36.0 Å². The van der Waals surface area contributed by atoms with E-state index in [9.17, 15) is 10.1 Å². The first kappa shape index (κ1) is 8.94. The van der Waals surface area contributed by atoms with E-state index >= 15 is 0 Å². The summed E-state index contributed by atoms with van der Waals surface area (Å²) in [6, 6.07) is 10.2. The molecule has 0 bridgehead atoms. The number of nitro groups is 1. The molecule has 4 nitrogen and oxygen atoms in total. The van der Waals surface area contributed by atoms with Crippen molar-refractivity contribution in [3.63, 3.8) is 0 Å². The quantitative estimate of drug-likeness (QED) is 0.390. The molecule has 0 atom stereocenters. The molecule has 0 N–H and O–H groups in total. The van der Waals surface area contributed by atoms with E-state index in [0.717, 1.165) is 0 Å². The molecule has 0 fully saturated rings. The normalized spacial score (nSPS) is 10.5. The minimum absolute atomic E-state index is 0.453. The number of allylic oxidation sites excluding steroid dienone is 1. The van der Waals surface area contributed by atoms with Crippen LogP contribution >= 0.6 is 0 Å². The van der Waals surface area contributed by atoms with E-state index in [4.69, 9.17) is 5.26 Å². The van der Waals surface area contributed by atoms with Crippen LogP contribution in [0.25, 0.3) is 6.08 Å². The molecule has 4 heteroatoms. The van der Waals surface area contributed by atoms with Crippen LogP contribution in [-0.4, -0.2) is 4.92 Å². The van der Waals surface area contributed by atoms with Gasteiger partial charge in [0.05, 0.1) is 4.92 Å². The van der Waals surface area contributed by atoms with Crippen molar-refractivity contribution in [2.75, 3.05) is 0 Å². The highest BCUT2D eigenvalue weighted by molar-refractivity contribution is 5.53. The maximum atomic E-state index is 10.2. The predicted octanol–water partition coefficient (Wildman–Crippen LogP) is 1.83. The predicted molar refractivity (Wildman–Crippen MR) is 47.0 cm³/mol. The van der Waals surface area contributed by atoms with Gasteiger partial charge in [-0.15, -0.1) is 0 Å². The lowest BCUT2D eigenvalue weighted by Crippen LogP contribution is -1.94. The van der Waals surface area contributed by atoms with Gasteiger partial charge in [0.2, 0.25) is 0 Å². The first-order chi connectivity index (χ1) is 6.24. The number of hydrogen-bond donors (Lipinski definition) is 0. The van der Waals surface area contributed by atoms with E-state index < -0.39 is 10.6 Å². The lowest BCUT2D eigenvalue weighted by molar-refractivity contribution is -0.415. The molecular formula is C9H6N2O2. The molecule has 0 radical (unpaired) electrons. The highest BCUT2D eigenvalue weighted by atomic mass is 16.6. The van der Waals surface area contributed by atoms with Crippen molar-refractivity contribution in [3.05, 3.63) is 51.7 Å². The van der Waals surface area contributed by atoms with Crippen molar-refractivity contribution in [1.82, 2.24) is 0 Å². The zero-order chi connectivity index (χ0) is 9.68. The second-order valence-electron chi connectivity index (χ2n) is 2.31. The van der Waals surface area contributed by atoms with E-state index in [0.29, 0.717) is 5.56 Å². The Bertz CT molecular complexity index is 376. The van der Waals surface area contributed by atoms with Crippen molar-refractivity contribution in [2.24, 2.45) is 0 Å². The molecule has 0 heterocycles. The number of hydrogen-bond acceptors (Lipinski definition) is 3. The molecule has 0 aromatic heterocycles. The number of nitrogens with zero attached hydrogens (tertiary/aromatic N) is 2. The molecule has 0 unspecified atom stereocenters. The summed E-state index contributed by atoms with van der Waals surface area (Å²) in [5.74, 6) is 0. The molecule has 0 aliphatic rings. The van der Waals surface area contributed by atoms with Crippen LogP contribution in [0.4, 0.5) is 0 Å². The SMILES string of the molecule is N#C/C(=C/c1ccccc1)[N+](=O)[O-]. The van der Waals surface area contributed by atoms with Gasteiger partial charge in [0, 0.05) is 6.08 Å². The van der Waals surface area contributed by atoms with Gasteiger partial charge in [0.25, 0.3) is 0 Å². The minimum Gasteiger partial charge on any atom is -0.258 e. The minimum atomic E-state index is -0.701. The highest BCUT2D eigenvalue weighted by Crippen LogP contribution is 2.05. The van der Waals surface area contributed by atoms with E-state index in [1.54, 1.807) is 30.3 Å². The third-order valence-electron chi connectivity index (χ3n) is 1.41. The fourth-order valence-electron chi connectivity index (χ4n) is 0.833. The molecule has 0 aliphatic carbocycles. The van der Waals surface area contributed by atoms with Crippen molar-refractivity contribution in [1.29, 1.82) is 5.26 Å². The van der Waals surface area contributed by atoms with Gasteiger partial charge in [-0.2, -0.15) is 5.26 Å². The molecular weight excluding hydrogens is 168 g/mol. The fraction of sp³-hybridized carbons (Fsp3) is 0. The average molecular weight is 174 g/mol. The van der Waals surface area contributed by atoms with Crippen molar-refractivity contribution in [3.8, 4) is 6.07 Å². The highest BCUT2D eigenvalue weighted by Gasteiger charge is 2.07. The van der Waals surface area contributed by atoms with Crippen LogP contribution in [0.5, 0.6) is 0 Å². The van der Waals surface area contributed by atoms with E-state index in [1.807, 2.05) is 0 Å². The van der Waals surface area contributed by atoms with Gasteiger partial charge in [-0.1, -0.05) is 30.3 Å². The summed E-state index contributed by atoms with van der Waals surface area (Å²) < 4.78 is 0. The fourth-order valence-corrected chi connectivity index (χ4v) is 0.833. The van der Waals surface area contributed by atoms with Gasteiger partial charge < -0.3 is 0 Å².